The molecule has 0 aliphatic heterocycles. The third-order valence-electron chi connectivity index (χ3n) is 2.37. The Hall–Kier alpha value is -1.62. The van der Waals surface area contributed by atoms with Gasteiger partial charge in [-0.3, -0.25) is 4.79 Å². The number of carbonyl (C=O) groups excluding carboxylic acids is 1. The number of ether oxygens (including phenoxy) is 1. The van der Waals surface area contributed by atoms with E-state index in [1.165, 1.54) is 0 Å². The molecule has 0 heterocycles. The van der Waals surface area contributed by atoms with E-state index in [2.05, 4.69) is 17.5 Å². The Bertz CT molecular complexity index is 433. The third kappa shape index (κ3) is 4.40. The van der Waals surface area contributed by atoms with E-state index < -0.39 is 0 Å². The van der Waals surface area contributed by atoms with Crippen molar-refractivity contribution in [2.45, 2.75) is 13.8 Å². The van der Waals surface area contributed by atoms with Crippen LogP contribution in [0.2, 0.25) is 0 Å². The summed E-state index contributed by atoms with van der Waals surface area (Å²) in [5.41, 5.74) is 7.44. The summed E-state index contributed by atoms with van der Waals surface area (Å²) < 4.78 is 5.42. The second-order valence-corrected chi connectivity index (χ2v) is 4.25. The second-order valence-electron chi connectivity index (χ2n) is 3.73. The molecule has 0 fully saturated rings. The molecular formula is C12H16N2O2S. The van der Waals surface area contributed by atoms with Crippen molar-refractivity contribution in [2.24, 2.45) is 5.73 Å². The van der Waals surface area contributed by atoms with E-state index in [0.717, 1.165) is 16.9 Å². The first-order valence-corrected chi connectivity index (χ1v) is 5.65. The van der Waals surface area contributed by atoms with Gasteiger partial charge in [-0.2, -0.15) is 0 Å². The normalized spacial score (nSPS) is 9.76. The fourth-order valence-electron chi connectivity index (χ4n) is 1.26. The highest BCUT2D eigenvalue weighted by Crippen LogP contribution is 2.20. The average Bonchev–Trinajstić information content (AvgIpc) is 2.28. The summed E-state index contributed by atoms with van der Waals surface area (Å²) in [6.45, 7) is 4.12. The SMILES string of the molecule is Cc1cccc(OCC(=O)NCC(N)=S)c1C. The molecule has 0 saturated heterocycles. The van der Waals surface area contributed by atoms with Crippen LogP contribution in [0.25, 0.3) is 0 Å². The first kappa shape index (κ1) is 13.4. The maximum absolute atomic E-state index is 11.4. The predicted molar refractivity (Wildman–Crippen MR) is 71.2 cm³/mol. The van der Waals surface area contributed by atoms with Crippen molar-refractivity contribution in [3.05, 3.63) is 29.3 Å². The number of benzene rings is 1. The zero-order valence-electron chi connectivity index (χ0n) is 9.95. The van der Waals surface area contributed by atoms with Crippen LogP contribution in [0.3, 0.4) is 0 Å². The minimum absolute atomic E-state index is 0.0348. The molecule has 0 aliphatic rings. The van der Waals surface area contributed by atoms with Gasteiger partial charge >= 0.3 is 0 Å². The summed E-state index contributed by atoms with van der Waals surface area (Å²) in [5, 5.41) is 2.56. The van der Waals surface area contributed by atoms with E-state index >= 15 is 0 Å². The molecule has 1 aromatic rings. The van der Waals surface area contributed by atoms with Crippen LogP contribution < -0.4 is 15.8 Å². The lowest BCUT2D eigenvalue weighted by molar-refractivity contribution is -0.122. The van der Waals surface area contributed by atoms with Crippen molar-refractivity contribution in [3.63, 3.8) is 0 Å². The van der Waals surface area contributed by atoms with Crippen LogP contribution in [-0.2, 0) is 4.79 Å². The molecule has 0 saturated carbocycles. The number of hydrogen-bond acceptors (Lipinski definition) is 3. The first-order valence-electron chi connectivity index (χ1n) is 5.24. The molecular weight excluding hydrogens is 236 g/mol. The number of rotatable bonds is 5. The summed E-state index contributed by atoms with van der Waals surface area (Å²) in [4.78, 5) is 11.6. The van der Waals surface area contributed by atoms with Crippen LogP contribution in [0.1, 0.15) is 11.1 Å². The number of carbonyl (C=O) groups is 1. The quantitative estimate of drug-likeness (QED) is 0.770. The molecule has 0 unspecified atom stereocenters. The monoisotopic (exact) mass is 252 g/mol. The topological polar surface area (TPSA) is 64.3 Å². The number of amides is 1. The Morgan fingerprint density at radius 3 is 2.82 bits per heavy atom. The Kier molecular flexibility index (Phi) is 4.90. The molecule has 92 valence electrons. The summed E-state index contributed by atoms with van der Waals surface area (Å²) in [6, 6.07) is 5.73. The lowest BCUT2D eigenvalue weighted by atomic mass is 10.1. The minimum Gasteiger partial charge on any atom is -0.483 e. The molecule has 4 nitrogen and oxygen atoms in total. The lowest BCUT2D eigenvalue weighted by Crippen LogP contribution is -2.35. The molecule has 1 amide bonds. The van der Waals surface area contributed by atoms with Crippen LogP contribution in [0.5, 0.6) is 5.75 Å². The Morgan fingerprint density at radius 2 is 2.18 bits per heavy atom. The maximum atomic E-state index is 11.4. The van der Waals surface area contributed by atoms with Gasteiger partial charge in [0.05, 0.1) is 11.5 Å². The highest BCUT2D eigenvalue weighted by atomic mass is 32.1. The maximum Gasteiger partial charge on any atom is 0.258 e. The molecule has 17 heavy (non-hydrogen) atoms. The van der Waals surface area contributed by atoms with Crippen molar-refractivity contribution in [2.75, 3.05) is 13.2 Å². The van der Waals surface area contributed by atoms with Gasteiger partial charge in [0.1, 0.15) is 5.75 Å². The van der Waals surface area contributed by atoms with Crippen molar-refractivity contribution in [1.29, 1.82) is 0 Å². The van der Waals surface area contributed by atoms with E-state index in [1.54, 1.807) is 0 Å². The van der Waals surface area contributed by atoms with Gasteiger partial charge in [-0.1, -0.05) is 24.4 Å². The van der Waals surface area contributed by atoms with Gasteiger partial charge in [0, 0.05) is 0 Å². The van der Waals surface area contributed by atoms with E-state index in [0.29, 0.717) is 0 Å². The standard InChI is InChI=1S/C12H16N2O2S/c1-8-4-3-5-10(9(8)2)16-7-12(15)14-6-11(13)17/h3-5H,6-7H2,1-2H3,(H2,13,17)(H,14,15). The van der Waals surface area contributed by atoms with Crippen LogP contribution in [0.4, 0.5) is 0 Å². The van der Waals surface area contributed by atoms with E-state index in [-0.39, 0.29) is 24.0 Å². The van der Waals surface area contributed by atoms with Gasteiger partial charge in [0.2, 0.25) is 0 Å². The number of nitrogens with one attached hydrogen (secondary N) is 1. The molecule has 0 spiro atoms. The predicted octanol–water partition coefficient (Wildman–Crippen LogP) is 1.08. The molecule has 0 radical (unpaired) electrons. The van der Waals surface area contributed by atoms with Crippen LogP contribution in [0.15, 0.2) is 18.2 Å². The fraction of sp³-hybridized carbons (Fsp3) is 0.333. The zero-order valence-corrected chi connectivity index (χ0v) is 10.8. The van der Waals surface area contributed by atoms with Gasteiger partial charge in [-0.15, -0.1) is 0 Å². The van der Waals surface area contributed by atoms with Crippen molar-refractivity contribution in [1.82, 2.24) is 5.32 Å². The second kappa shape index (κ2) is 6.20. The van der Waals surface area contributed by atoms with Crippen LogP contribution in [0, 0.1) is 13.8 Å². The smallest absolute Gasteiger partial charge is 0.258 e. The molecule has 0 aromatic heterocycles. The Morgan fingerprint density at radius 1 is 1.47 bits per heavy atom. The van der Waals surface area contributed by atoms with E-state index in [1.807, 2.05) is 32.0 Å². The number of aryl methyl sites for hydroxylation is 1. The molecule has 0 atom stereocenters. The van der Waals surface area contributed by atoms with Gasteiger partial charge in [-0.05, 0) is 31.0 Å². The average molecular weight is 252 g/mol. The van der Waals surface area contributed by atoms with E-state index in [4.69, 9.17) is 10.5 Å². The summed E-state index contributed by atoms with van der Waals surface area (Å²) in [6.07, 6.45) is 0. The zero-order chi connectivity index (χ0) is 12.8. The van der Waals surface area contributed by atoms with Crippen molar-refractivity contribution in [3.8, 4) is 5.75 Å². The molecule has 5 heteroatoms. The largest absolute Gasteiger partial charge is 0.483 e. The Balaban J connectivity index is 2.47. The van der Waals surface area contributed by atoms with Crippen molar-refractivity contribution >= 4 is 23.1 Å². The molecule has 1 aromatic carbocycles. The number of hydrogen-bond donors (Lipinski definition) is 2. The highest BCUT2D eigenvalue weighted by Gasteiger charge is 2.05. The third-order valence-corrected chi connectivity index (χ3v) is 2.52. The highest BCUT2D eigenvalue weighted by molar-refractivity contribution is 7.80. The van der Waals surface area contributed by atoms with Crippen LogP contribution in [-0.4, -0.2) is 24.0 Å². The summed E-state index contributed by atoms with van der Waals surface area (Å²) in [5.74, 6) is 0.481. The van der Waals surface area contributed by atoms with E-state index in [9.17, 15) is 4.79 Å². The molecule has 0 bridgehead atoms. The van der Waals surface area contributed by atoms with Gasteiger partial charge in [-0.25, -0.2) is 0 Å². The Labute approximate surface area is 106 Å². The number of thiocarbonyl (C=S) groups is 1. The van der Waals surface area contributed by atoms with Gasteiger partial charge in [0.25, 0.3) is 5.91 Å². The molecule has 0 aliphatic carbocycles. The minimum atomic E-state index is -0.237. The van der Waals surface area contributed by atoms with Crippen LogP contribution >= 0.6 is 12.2 Å². The summed E-state index contributed by atoms with van der Waals surface area (Å²) >= 11 is 4.65. The summed E-state index contributed by atoms with van der Waals surface area (Å²) in [7, 11) is 0. The molecule has 3 N–H and O–H groups in total. The fourth-order valence-corrected chi connectivity index (χ4v) is 1.33. The van der Waals surface area contributed by atoms with Gasteiger partial charge in [0.15, 0.2) is 6.61 Å². The number of nitrogens with two attached hydrogens (primary N) is 1. The molecule has 1 rings (SSSR count). The first-order chi connectivity index (χ1) is 8.00. The van der Waals surface area contributed by atoms with Crippen molar-refractivity contribution < 1.29 is 9.53 Å². The van der Waals surface area contributed by atoms with Gasteiger partial charge < -0.3 is 15.8 Å². The lowest BCUT2D eigenvalue weighted by Gasteiger charge is -2.10.